The molecule has 0 radical (unpaired) electrons. The lowest BCUT2D eigenvalue weighted by Crippen LogP contribution is -2.34. The Labute approximate surface area is 221 Å². The second-order valence-electron chi connectivity index (χ2n) is 9.63. The van der Waals surface area contributed by atoms with Crippen molar-refractivity contribution >= 4 is 33.4 Å². The number of carbonyl (C=O) groups is 2. The van der Waals surface area contributed by atoms with E-state index in [1.807, 2.05) is 51.1 Å². The van der Waals surface area contributed by atoms with Crippen LogP contribution in [0, 0.1) is 11.2 Å². The molecule has 1 aliphatic rings. The molecule has 0 spiro atoms. The van der Waals surface area contributed by atoms with Crippen LogP contribution in [-0.4, -0.2) is 29.8 Å². The summed E-state index contributed by atoms with van der Waals surface area (Å²) in [6.45, 7) is 9.44. The van der Waals surface area contributed by atoms with Gasteiger partial charge in [0.2, 0.25) is 5.91 Å². The molecule has 1 heterocycles. The molecule has 0 unspecified atom stereocenters. The minimum Gasteiger partial charge on any atom is -0.368 e. The van der Waals surface area contributed by atoms with Gasteiger partial charge in [0.05, 0.1) is 5.56 Å². The van der Waals surface area contributed by atoms with E-state index < -0.39 is 5.41 Å². The first-order chi connectivity index (χ1) is 17.1. The quantitative estimate of drug-likeness (QED) is 0.448. The molecule has 2 aromatic carbocycles. The van der Waals surface area contributed by atoms with Gasteiger partial charge in [0.1, 0.15) is 5.82 Å². The van der Waals surface area contributed by atoms with E-state index in [0.717, 1.165) is 23.4 Å². The average Bonchev–Trinajstić information content (AvgIpc) is 2.93. The maximum atomic E-state index is 13.4. The molecule has 2 N–H and O–H groups in total. The second kappa shape index (κ2) is 12.2. The van der Waals surface area contributed by atoms with Crippen LogP contribution in [-0.2, 0) is 11.3 Å². The highest BCUT2D eigenvalue weighted by Crippen LogP contribution is 2.23. The van der Waals surface area contributed by atoms with E-state index in [1.54, 1.807) is 18.2 Å². The highest BCUT2D eigenvalue weighted by Gasteiger charge is 2.21. The summed E-state index contributed by atoms with van der Waals surface area (Å²) in [6.07, 6.45) is 8.56. The summed E-state index contributed by atoms with van der Waals surface area (Å²) in [6, 6.07) is 12.0. The Balaban J connectivity index is 1.76. The van der Waals surface area contributed by atoms with Gasteiger partial charge in [-0.05, 0) is 70.7 Å². The average molecular weight is 555 g/mol. The molecule has 0 bridgehead atoms. The molecule has 0 saturated heterocycles. The fraction of sp³-hybridized carbons (Fsp3) is 0.310. The van der Waals surface area contributed by atoms with Gasteiger partial charge < -0.3 is 15.5 Å². The molecule has 0 aliphatic carbocycles. The Morgan fingerprint density at radius 3 is 2.47 bits per heavy atom. The van der Waals surface area contributed by atoms with Gasteiger partial charge in [0.25, 0.3) is 5.91 Å². The summed E-state index contributed by atoms with van der Waals surface area (Å²) >= 11 is 3.48. The van der Waals surface area contributed by atoms with Gasteiger partial charge in [-0.3, -0.25) is 9.59 Å². The Morgan fingerprint density at radius 2 is 1.81 bits per heavy atom. The number of hydrogen-bond acceptors (Lipinski definition) is 3. The zero-order chi connectivity index (χ0) is 26.3. The van der Waals surface area contributed by atoms with Gasteiger partial charge in [-0.25, -0.2) is 4.39 Å². The van der Waals surface area contributed by atoms with Gasteiger partial charge >= 0.3 is 0 Å². The topological polar surface area (TPSA) is 61.4 Å². The van der Waals surface area contributed by atoms with Gasteiger partial charge in [0, 0.05) is 40.9 Å². The highest BCUT2D eigenvalue weighted by atomic mass is 79.9. The molecule has 7 heteroatoms. The number of allylic oxidation sites excluding steroid dienone is 3. The summed E-state index contributed by atoms with van der Waals surface area (Å²) in [5, 5.41) is 5.92. The van der Waals surface area contributed by atoms with Crippen LogP contribution in [0.3, 0.4) is 0 Å². The van der Waals surface area contributed by atoms with Gasteiger partial charge in [-0.2, -0.15) is 0 Å². The summed E-state index contributed by atoms with van der Waals surface area (Å²) in [7, 11) is 0. The van der Waals surface area contributed by atoms with Crippen molar-refractivity contribution in [1.29, 1.82) is 0 Å². The van der Waals surface area contributed by atoms with Crippen LogP contribution in [0.15, 0.2) is 76.9 Å². The first-order valence-electron chi connectivity index (χ1n) is 12.0. The number of rotatable bonds is 6. The third-order valence-electron chi connectivity index (χ3n) is 5.80. The van der Waals surface area contributed by atoms with E-state index in [0.29, 0.717) is 35.2 Å². The van der Waals surface area contributed by atoms with Crippen molar-refractivity contribution in [2.45, 2.75) is 40.7 Å². The van der Waals surface area contributed by atoms with Crippen LogP contribution in [0.4, 0.5) is 4.39 Å². The first-order valence-corrected chi connectivity index (χ1v) is 12.8. The van der Waals surface area contributed by atoms with Gasteiger partial charge in [-0.15, -0.1) is 0 Å². The van der Waals surface area contributed by atoms with Crippen molar-refractivity contribution in [3.05, 3.63) is 99.4 Å². The molecule has 2 aromatic rings. The van der Waals surface area contributed by atoms with Crippen molar-refractivity contribution in [3.8, 4) is 0 Å². The molecule has 190 valence electrons. The van der Waals surface area contributed by atoms with Crippen molar-refractivity contribution in [1.82, 2.24) is 15.5 Å². The minimum atomic E-state index is -0.482. The van der Waals surface area contributed by atoms with Crippen molar-refractivity contribution in [3.63, 3.8) is 0 Å². The van der Waals surface area contributed by atoms with Gasteiger partial charge in [0.15, 0.2) is 0 Å². The number of likely N-dealkylation sites (N-methyl/N-ethyl adjacent to an activating group) is 1. The number of carbonyl (C=O) groups excluding carboxylic acids is 2. The molecule has 0 atom stereocenters. The highest BCUT2D eigenvalue weighted by molar-refractivity contribution is 9.10. The molecule has 3 rings (SSSR count). The standard InChI is InChI=1S/C29H33BrFN3O2/c1-5-34-17-7-9-23(8-6-10-26(34)21-12-14-22(31)15-13-21)33-27(35)24-18-20(11-16-25(24)30)19-32-28(36)29(2,3)4/h7-16,18H,5-6,17,19H2,1-4H3,(H,32,36)(H,33,35)/b9-7-,23-8+,26-10?. The maximum absolute atomic E-state index is 13.4. The van der Waals surface area contributed by atoms with E-state index in [2.05, 4.69) is 44.5 Å². The van der Waals surface area contributed by atoms with Crippen LogP contribution in [0.1, 0.15) is 55.6 Å². The summed E-state index contributed by atoms with van der Waals surface area (Å²) in [5.41, 5.74) is 3.52. The molecule has 0 saturated carbocycles. The van der Waals surface area contributed by atoms with Crippen molar-refractivity contribution < 1.29 is 14.0 Å². The van der Waals surface area contributed by atoms with E-state index in [4.69, 9.17) is 0 Å². The largest absolute Gasteiger partial charge is 0.368 e. The predicted molar refractivity (Wildman–Crippen MR) is 146 cm³/mol. The molecule has 5 nitrogen and oxygen atoms in total. The van der Waals surface area contributed by atoms with Crippen LogP contribution >= 0.6 is 15.9 Å². The number of nitrogens with zero attached hydrogens (tertiary/aromatic N) is 1. The second-order valence-corrected chi connectivity index (χ2v) is 10.5. The van der Waals surface area contributed by atoms with Crippen LogP contribution in [0.5, 0.6) is 0 Å². The molecule has 0 aromatic heterocycles. The first kappa shape index (κ1) is 27.4. The molecule has 36 heavy (non-hydrogen) atoms. The Bertz CT molecular complexity index is 1190. The van der Waals surface area contributed by atoms with Crippen molar-refractivity contribution in [2.24, 2.45) is 5.41 Å². The van der Waals surface area contributed by atoms with Gasteiger partial charge in [-0.1, -0.05) is 57.2 Å². The lowest BCUT2D eigenvalue weighted by molar-refractivity contribution is -0.128. The maximum Gasteiger partial charge on any atom is 0.256 e. The molecule has 1 aliphatic heterocycles. The van der Waals surface area contributed by atoms with E-state index in [1.165, 1.54) is 12.1 Å². The smallest absolute Gasteiger partial charge is 0.256 e. The van der Waals surface area contributed by atoms with Crippen LogP contribution in [0.2, 0.25) is 0 Å². The minimum absolute atomic E-state index is 0.0496. The molecule has 2 amide bonds. The van der Waals surface area contributed by atoms with E-state index in [9.17, 15) is 14.0 Å². The third kappa shape index (κ3) is 7.40. The lowest BCUT2D eigenvalue weighted by Gasteiger charge is -2.25. The number of nitrogens with one attached hydrogen (secondary N) is 2. The number of benzene rings is 2. The van der Waals surface area contributed by atoms with E-state index >= 15 is 0 Å². The van der Waals surface area contributed by atoms with Crippen LogP contribution in [0.25, 0.3) is 5.70 Å². The van der Waals surface area contributed by atoms with E-state index in [-0.39, 0.29) is 17.6 Å². The molecular formula is C29H33BrFN3O2. The summed E-state index contributed by atoms with van der Waals surface area (Å²) < 4.78 is 14.1. The summed E-state index contributed by atoms with van der Waals surface area (Å²) in [5.74, 6) is -0.551. The van der Waals surface area contributed by atoms with Crippen LogP contribution < -0.4 is 10.6 Å². The normalized spacial score (nSPS) is 16.6. The van der Waals surface area contributed by atoms with Crippen molar-refractivity contribution in [2.75, 3.05) is 13.1 Å². The lowest BCUT2D eigenvalue weighted by atomic mass is 9.95. The number of amides is 2. The molecule has 0 fully saturated rings. The Kier molecular flexibility index (Phi) is 9.26. The number of hydrogen-bond donors (Lipinski definition) is 2. The Morgan fingerprint density at radius 1 is 1.08 bits per heavy atom. The zero-order valence-corrected chi connectivity index (χ0v) is 22.8. The molecular weight excluding hydrogens is 521 g/mol. The number of halogens is 2. The monoisotopic (exact) mass is 553 g/mol. The fourth-order valence-corrected chi connectivity index (χ4v) is 4.14. The fourth-order valence-electron chi connectivity index (χ4n) is 3.72. The predicted octanol–water partition coefficient (Wildman–Crippen LogP) is 6.19. The zero-order valence-electron chi connectivity index (χ0n) is 21.2. The third-order valence-corrected chi connectivity index (χ3v) is 6.49. The Hall–Kier alpha value is -3.19. The SMILES string of the molecule is CCN1C/C=C\C(NC(=O)c2cc(CNC(=O)C(C)(C)C)ccc2Br)=C/CC=C1c1ccc(F)cc1. The summed E-state index contributed by atoms with van der Waals surface area (Å²) in [4.78, 5) is 27.6.